The van der Waals surface area contributed by atoms with Crippen LogP contribution in [0.2, 0.25) is 5.02 Å². The molecule has 8 heteroatoms. The van der Waals surface area contributed by atoms with Crippen LogP contribution in [0.15, 0.2) is 24.3 Å². The summed E-state index contributed by atoms with van der Waals surface area (Å²) < 4.78 is 1.61. The van der Waals surface area contributed by atoms with Crippen LogP contribution in [0.3, 0.4) is 0 Å². The Hall–Kier alpha value is -1.63. The number of nitrogens with two attached hydrogens (primary N) is 1. The molecule has 130 valence electrons. The Labute approximate surface area is 152 Å². The monoisotopic (exact) mass is 369 g/mol. The van der Waals surface area contributed by atoms with E-state index in [1.807, 2.05) is 36.9 Å². The van der Waals surface area contributed by atoms with Crippen LogP contribution in [0.1, 0.15) is 29.5 Å². The van der Waals surface area contributed by atoms with E-state index in [2.05, 4.69) is 10.3 Å². The minimum atomic E-state index is -0.0933. The van der Waals surface area contributed by atoms with Crippen LogP contribution in [0.25, 0.3) is 5.69 Å². The number of carbonyl (C=O) groups is 1. The summed E-state index contributed by atoms with van der Waals surface area (Å²) in [7, 11) is 0. The number of para-hydroxylation sites is 1. The molecule has 1 aromatic heterocycles. The third-order valence-corrected chi connectivity index (χ3v) is 4.75. The maximum absolute atomic E-state index is 12.8. The van der Waals surface area contributed by atoms with Gasteiger partial charge in [-0.3, -0.25) is 4.79 Å². The Kier molecular flexibility index (Phi) is 5.85. The molecule has 2 aromatic rings. The van der Waals surface area contributed by atoms with Crippen molar-refractivity contribution in [3.63, 3.8) is 0 Å². The van der Waals surface area contributed by atoms with E-state index in [-0.39, 0.29) is 24.4 Å². The maximum Gasteiger partial charge on any atom is 0.276 e. The van der Waals surface area contributed by atoms with E-state index < -0.39 is 0 Å². The number of aromatic nitrogens is 3. The first-order valence-electron chi connectivity index (χ1n) is 7.71. The second kappa shape index (κ2) is 7.51. The zero-order valence-corrected chi connectivity index (χ0v) is 15.2. The number of hydrogen-bond donors (Lipinski definition) is 1. The first-order chi connectivity index (χ1) is 11.0. The lowest BCUT2D eigenvalue weighted by Gasteiger charge is -2.20. The van der Waals surface area contributed by atoms with E-state index in [0.717, 1.165) is 6.42 Å². The highest BCUT2D eigenvalue weighted by Crippen LogP contribution is 2.26. The second-order valence-electron chi connectivity index (χ2n) is 6.03. The molecule has 1 aromatic carbocycles. The summed E-state index contributed by atoms with van der Waals surface area (Å²) >= 11 is 6.21. The van der Waals surface area contributed by atoms with Crippen LogP contribution in [0.4, 0.5) is 0 Å². The number of nitrogens with zero attached hydrogens (tertiary/aromatic N) is 4. The lowest BCUT2D eigenvalue weighted by molar-refractivity contribution is 0.0736. The lowest BCUT2D eigenvalue weighted by atomic mass is 10.1. The fraction of sp³-hybridized carbons (Fsp3) is 0.438. The zero-order chi connectivity index (χ0) is 16.6. The fourth-order valence-electron chi connectivity index (χ4n) is 3.11. The van der Waals surface area contributed by atoms with E-state index in [1.165, 1.54) is 0 Å². The molecule has 2 N–H and O–H groups in total. The lowest BCUT2D eigenvalue weighted by Crippen LogP contribution is -2.35. The summed E-state index contributed by atoms with van der Waals surface area (Å²) in [6, 6.07) is 7.52. The summed E-state index contributed by atoms with van der Waals surface area (Å²) in [5.74, 6) is 0.261. The molecule has 2 heterocycles. The highest BCUT2D eigenvalue weighted by atomic mass is 35.5. The largest absolute Gasteiger partial charge is 0.334 e. The maximum atomic E-state index is 12.8. The number of carbonyl (C=O) groups excluding carboxylic acids is 1. The number of likely N-dealkylation sites (tertiary alicyclic amines) is 1. The van der Waals surface area contributed by atoms with Gasteiger partial charge in [-0.1, -0.05) is 28.9 Å². The van der Waals surface area contributed by atoms with E-state index in [9.17, 15) is 4.79 Å². The summed E-state index contributed by atoms with van der Waals surface area (Å²) in [4.78, 5) is 14.6. The van der Waals surface area contributed by atoms with Crippen LogP contribution in [-0.4, -0.2) is 44.9 Å². The minimum absolute atomic E-state index is 0. The molecule has 0 saturated carbocycles. The second-order valence-corrected chi connectivity index (χ2v) is 6.44. The SMILES string of the molecule is Cc1c(C(=O)N2CC(CN)CC2C)nnn1-c1ccccc1Cl.Cl. The fourth-order valence-corrected chi connectivity index (χ4v) is 3.33. The van der Waals surface area contributed by atoms with Crippen LogP contribution in [-0.2, 0) is 0 Å². The van der Waals surface area contributed by atoms with E-state index in [4.69, 9.17) is 17.3 Å². The standard InChI is InChI=1S/C16H20ClN5O.ClH/c1-10-7-12(8-18)9-21(10)16(23)15-11(2)22(20-19-15)14-6-4-3-5-13(14)17;/h3-6,10,12H,7-9,18H2,1-2H3;1H. The normalized spacial score (nSPS) is 20.1. The molecule has 0 aliphatic carbocycles. The molecule has 0 spiro atoms. The van der Waals surface area contributed by atoms with Gasteiger partial charge in [0.05, 0.1) is 16.4 Å². The molecule has 3 rings (SSSR count). The highest BCUT2D eigenvalue weighted by Gasteiger charge is 2.34. The smallest absolute Gasteiger partial charge is 0.276 e. The third kappa shape index (κ3) is 3.27. The number of rotatable bonds is 3. The van der Waals surface area contributed by atoms with Crippen LogP contribution in [0.5, 0.6) is 0 Å². The van der Waals surface area contributed by atoms with Crippen LogP contribution in [0, 0.1) is 12.8 Å². The average Bonchev–Trinajstić information content (AvgIpc) is 3.10. The first kappa shape index (κ1) is 18.7. The van der Waals surface area contributed by atoms with Gasteiger partial charge in [0.25, 0.3) is 5.91 Å². The molecule has 2 atom stereocenters. The summed E-state index contributed by atoms with van der Waals surface area (Å²) in [6.07, 6.45) is 0.930. The Bertz CT molecular complexity index is 733. The van der Waals surface area contributed by atoms with Gasteiger partial charge in [-0.25, -0.2) is 4.68 Å². The molecular weight excluding hydrogens is 349 g/mol. The van der Waals surface area contributed by atoms with Crippen molar-refractivity contribution in [1.82, 2.24) is 19.9 Å². The molecule has 0 radical (unpaired) electrons. The van der Waals surface area contributed by atoms with Crippen molar-refractivity contribution in [1.29, 1.82) is 0 Å². The van der Waals surface area contributed by atoms with E-state index in [1.54, 1.807) is 10.7 Å². The van der Waals surface area contributed by atoms with Crippen molar-refractivity contribution in [3.05, 3.63) is 40.7 Å². The van der Waals surface area contributed by atoms with E-state index in [0.29, 0.717) is 41.1 Å². The zero-order valence-electron chi connectivity index (χ0n) is 13.6. The Morgan fingerprint density at radius 3 is 2.75 bits per heavy atom. The molecule has 0 bridgehead atoms. The highest BCUT2D eigenvalue weighted by molar-refractivity contribution is 6.32. The van der Waals surface area contributed by atoms with Gasteiger partial charge in [0.1, 0.15) is 0 Å². The summed E-state index contributed by atoms with van der Waals surface area (Å²) in [6.45, 7) is 5.15. The van der Waals surface area contributed by atoms with Crippen molar-refractivity contribution in [2.75, 3.05) is 13.1 Å². The topological polar surface area (TPSA) is 77.0 Å². The van der Waals surface area contributed by atoms with Crippen LogP contribution < -0.4 is 5.73 Å². The number of hydrogen-bond acceptors (Lipinski definition) is 4. The molecule has 1 aliphatic heterocycles. The molecule has 1 fully saturated rings. The predicted molar refractivity (Wildman–Crippen MR) is 96.0 cm³/mol. The number of benzene rings is 1. The minimum Gasteiger partial charge on any atom is -0.334 e. The van der Waals surface area contributed by atoms with Gasteiger partial charge >= 0.3 is 0 Å². The van der Waals surface area contributed by atoms with Gasteiger partial charge in [0.15, 0.2) is 5.69 Å². The molecule has 6 nitrogen and oxygen atoms in total. The van der Waals surface area contributed by atoms with Gasteiger partial charge in [0, 0.05) is 12.6 Å². The van der Waals surface area contributed by atoms with Crippen molar-refractivity contribution in [2.24, 2.45) is 11.7 Å². The predicted octanol–water partition coefficient (Wildman–Crippen LogP) is 2.46. The van der Waals surface area contributed by atoms with Crippen molar-refractivity contribution < 1.29 is 4.79 Å². The third-order valence-electron chi connectivity index (χ3n) is 4.43. The van der Waals surface area contributed by atoms with Gasteiger partial charge in [-0.15, -0.1) is 17.5 Å². The van der Waals surface area contributed by atoms with Gasteiger partial charge in [-0.2, -0.15) is 0 Å². The molecule has 1 saturated heterocycles. The van der Waals surface area contributed by atoms with Gasteiger partial charge in [0.2, 0.25) is 0 Å². The average molecular weight is 370 g/mol. The number of amides is 1. The molecule has 1 amide bonds. The van der Waals surface area contributed by atoms with Crippen molar-refractivity contribution >= 4 is 29.9 Å². The van der Waals surface area contributed by atoms with E-state index >= 15 is 0 Å². The van der Waals surface area contributed by atoms with Gasteiger partial charge in [-0.05, 0) is 44.9 Å². The molecule has 1 aliphatic rings. The number of halogens is 2. The molecular formula is C16H21Cl2N5O. The Morgan fingerprint density at radius 2 is 2.12 bits per heavy atom. The molecule has 2 unspecified atom stereocenters. The Balaban J connectivity index is 0.00000208. The van der Waals surface area contributed by atoms with Crippen molar-refractivity contribution in [2.45, 2.75) is 26.3 Å². The quantitative estimate of drug-likeness (QED) is 0.901. The van der Waals surface area contributed by atoms with Crippen LogP contribution >= 0.6 is 24.0 Å². The molecule has 24 heavy (non-hydrogen) atoms. The summed E-state index contributed by atoms with van der Waals surface area (Å²) in [5.41, 5.74) is 7.51. The summed E-state index contributed by atoms with van der Waals surface area (Å²) in [5, 5.41) is 8.78. The first-order valence-corrected chi connectivity index (χ1v) is 8.09. The van der Waals surface area contributed by atoms with Gasteiger partial charge < -0.3 is 10.6 Å². The Morgan fingerprint density at radius 1 is 1.42 bits per heavy atom. The van der Waals surface area contributed by atoms with Crippen molar-refractivity contribution in [3.8, 4) is 5.69 Å².